The third-order valence-corrected chi connectivity index (χ3v) is 7.83. The van der Waals surface area contributed by atoms with Gasteiger partial charge in [-0.15, -0.1) is 0 Å². The molecule has 0 aliphatic carbocycles. The molecule has 2 aliphatic heterocycles. The maximum Gasteiger partial charge on any atom is 0.267 e. The Morgan fingerprint density at radius 2 is 2.00 bits per heavy atom. The minimum atomic E-state index is -2.85. The van der Waals surface area contributed by atoms with Gasteiger partial charge in [-0.1, -0.05) is 6.92 Å². The van der Waals surface area contributed by atoms with Crippen LogP contribution in [-0.4, -0.2) is 79.2 Å². The number of pyridine rings is 1. The SMILES string of the molecule is C[C@@H]1CN(c2ccc(C#N)cn2)C[C@H]1Nc1c(C(N)=O)cnn2cc(-c3cnn(CC(=O)N4CCC(F)(F)C4)c3)cc12. The molecule has 4 aromatic rings. The van der Waals surface area contributed by atoms with Crippen LogP contribution in [0.3, 0.4) is 0 Å². The third kappa shape index (κ3) is 5.20. The van der Waals surface area contributed by atoms with Crippen molar-refractivity contribution in [3.05, 3.63) is 60.3 Å². The fraction of sp³-hybridized carbons (Fsp3) is 0.357. The number of hydrogen-bond acceptors (Lipinski definition) is 8. The maximum atomic E-state index is 13.5. The van der Waals surface area contributed by atoms with Gasteiger partial charge in [0, 0.05) is 61.8 Å². The average Bonchev–Trinajstić information content (AvgIpc) is 3.75. The van der Waals surface area contributed by atoms with Gasteiger partial charge in [0.25, 0.3) is 11.8 Å². The Balaban J connectivity index is 1.23. The topological polar surface area (TPSA) is 150 Å². The van der Waals surface area contributed by atoms with Crippen LogP contribution in [0, 0.1) is 17.2 Å². The molecule has 12 nitrogen and oxygen atoms in total. The van der Waals surface area contributed by atoms with Crippen LogP contribution in [0.2, 0.25) is 0 Å². The third-order valence-electron chi connectivity index (χ3n) is 7.83. The van der Waals surface area contributed by atoms with E-state index in [1.807, 2.05) is 12.1 Å². The van der Waals surface area contributed by atoms with Crippen LogP contribution in [0.1, 0.15) is 29.3 Å². The summed E-state index contributed by atoms with van der Waals surface area (Å²) in [6, 6.07) is 7.43. The molecule has 0 unspecified atom stereocenters. The Morgan fingerprint density at radius 1 is 1.17 bits per heavy atom. The lowest BCUT2D eigenvalue weighted by Gasteiger charge is -2.21. The predicted octanol–water partition coefficient (Wildman–Crippen LogP) is 2.37. The number of primary amides is 1. The molecule has 14 heteroatoms. The number of fused-ring (bicyclic) bond motifs is 1. The second kappa shape index (κ2) is 10.4. The molecule has 2 amide bonds. The van der Waals surface area contributed by atoms with Crippen LogP contribution in [-0.2, 0) is 11.3 Å². The number of nitrogens with two attached hydrogens (primary N) is 1. The van der Waals surface area contributed by atoms with Crippen molar-refractivity contribution < 1.29 is 18.4 Å². The number of likely N-dealkylation sites (tertiary alicyclic amines) is 1. The first-order chi connectivity index (χ1) is 20.1. The molecule has 0 bridgehead atoms. The highest BCUT2D eigenvalue weighted by Gasteiger charge is 2.40. The van der Waals surface area contributed by atoms with Crippen LogP contribution in [0.15, 0.2) is 49.2 Å². The van der Waals surface area contributed by atoms with E-state index in [0.717, 1.165) is 22.8 Å². The quantitative estimate of drug-likeness (QED) is 0.342. The van der Waals surface area contributed by atoms with Crippen LogP contribution < -0.4 is 16.0 Å². The number of amides is 2. The van der Waals surface area contributed by atoms with E-state index in [1.165, 1.54) is 10.9 Å². The van der Waals surface area contributed by atoms with E-state index < -0.39 is 24.3 Å². The second-order valence-corrected chi connectivity index (χ2v) is 10.9. The van der Waals surface area contributed by atoms with Crippen LogP contribution in [0.5, 0.6) is 0 Å². The minimum absolute atomic E-state index is 0.0236. The van der Waals surface area contributed by atoms with Gasteiger partial charge in [-0.25, -0.2) is 18.3 Å². The van der Waals surface area contributed by atoms with E-state index in [2.05, 4.69) is 38.4 Å². The molecule has 0 saturated carbocycles. The zero-order chi connectivity index (χ0) is 29.6. The van der Waals surface area contributed by atoms with Gasteiger partial charge in [-0.05, 0) is 24.1 Å². The smallest absolute Gasteiger partial charge is 0.267 e. The molecule has 2 aliphatic rings. The average molecular weight is 575 g/mol. The summed E-state index contributed by atoms with van der Waals surface area (Å²) in [7, 11) is 0. The molecule has 6 rings (SSSR count). The first kappa shape index (κ1) is 27.1. The minimum Gasteiger partial charge on any atom is -0.378 e. The van der Waals surface area contributed by atoms with Gasteiger partial charge in [-0.3, -0.25) is 14.3 Å². The lowest BCUT2D eigenvalue weighted by Crippen LogP contribution is -2.34. The predicted molar refractivity (Wildman–Crippen MR) is 149 cm³/mol. The van der Waals surface area contributed by atoms with Crippen molar-refractivity contribution in [2.75, 3.05) is 36.4 Å². The van der Waals surface area contributed by atoms with E-state index in [9.17, 15) is 18.4 Å². The second-order valence-electron chi connectivity index (χ2n) is 10.9. The molecule has 4 aromatic heterocycles. The van der Waals surface area contributed by atoms with Gasteiger partial charge in [0.15, 0.2) is 0 Å². The molecule has 0 aromatic carbocycles. The molecule has 0 radical (unpaired) electrons. The monoisotopic (exact) mass is 574 g/mol. The van der Waals surface area contributed by atoms with E-state index in [1.54, 1.807) is 35.4 Å². The van der Waals surface area contributed by atoms with Crippen molar-refractivity contribution in [2.45, 2.75) is 31.9 Å². The van der Waals surface area contributed by atoms with E-state index in [4.69, 9.17) is 11.0 Å². The standard InChI is InChI=1S/C28H28F2N10O2/c1-17-11-38(24-3-2-18(7-31)8-33-24)14-22(17)36-26-21(27(32)42)10-35-40-13-19(6-23(26)40)20-9-34-39(12-20)15-25(41)37-5-4-28(29,30)16-37/h2-3,6,8-10,12-13,17,22,36H,4-5,11,14-16H2,1H3,(H2,32,42)/t17-,22-/m1/s1. The maximum absolute atomic E-state index is 13.5. The van der Waals surface area contributed by atoms with Crippen molar-refractivity contribution >= 4 is 28.8 Å². The van der Waals surface area contributed by atoms with Gasteiger partial charge in [0.05, 0.1) is 41.3 Å². The molecule has 3 N–H and O–H groups in total. The first-order valence-electron chi connectivity index (χ1n) is 13.5. The summed E-state index contributed by atoms with van der Waals surface area (Å²) in [5, 5.41) is 21.2. The number of nitrogens with zero attached hydrogens (tertiary/aromatic N) is 8. The number of alkyl halides is 2. The Kier molecular flexibility index (Phi) is 6.72. The molecule has 6 heterocycles. The summed E-state index contributed by atoms with van der Waals surface area (Å²) >= 11 is 0. The molecule has 0 spiro atoms. The number of carbonyl (C=O) groups excluding carboxylic acids is 2. The molecular weight excluding hydrogens is 546 g/mol. The molecule has 2 atom stereocenters. The zero-order valence-electron chi connectivity index (χ0n) is 22.7. The highest BCUT2D eigenvalue weighted by atomic mass is 19.3. The van der Waals surface area contributed by atoms with Gasteiger partial charge in [-0.2, -0.15) is 15.5 Å². The van der Waals surface area contributed by atoms with Gasteiger partial charge in [0.2, 0.25) is 5.91 Å². The molecule has 42 heavy (non-hydrogen) atoms. The summed E-state index contributed by atoms with van der Waals surface area (Å²) in [6.07, 6.45) is 7.68. The number of hydrogen-bond donors (Lipinski definition) is 2. The van der Waals surface area contributed by atoms with Crippen molar-refractivity contribution in [2.24, 2.45) is 11.7 Å². The first-order valence-corrected chi connectivity index (χ1v) is 13.5. The van der Waals surface area contributed by atoms with Crippen molar-refractivity contribution in [3.8, 4) is 17.2 Å². The number of nitrogens with one attached hydrogen (secondary N) is 1. The van der Waals surface area contributed by atoms with Crippen LogP contribution >= 0.6 is 0 Å². The molecule has 216 valence electrons. The Morgan fingerprint density at radius 3 is 2.69 bits per heavy atom. The van der Waals surface area contributed by atoms with Gasteiger partial charge in [0.1, 0.15) is 18.4 Å². The summed E-state index contributed by atoms with van der Waals surface area (Å²) in [5.41, 5.74) is 9.07. The van der Waals surface area contributed by atoms with E-state index in [-0.39, 0.29) is 37.0 Å². The van der Waals surface area contributed by atoms with Crippen LogP contribution in [0.4, 0.5) is 20.3 Å². The normalized spacial score (nSPS) is 19.8. The van der Waals surface area contributed by atoms with Crippen molar-refractivity contribution in [3.63, 3.8) is 0 Å². The number of carbonyl (C=O) groups is 2. The number of aromatic nitrogens is 5. The summed E-state index contributed by atoms with van der Waals surface area (Å²) in [6.45, 7) is 2.75. The Bertz CT molecular complexity index is 1710. The molecular formula is C28H28F2N10O2. The van der Waals surface area contributed by atoms with Crippen LogP contribution in [0.25, 0.3) is 16.6 Å². The van der Waals surface area contributed by atoms with E-state index >= 15 is 0 Å². The highest BCUT2D eigenvalue weighted by Crippen LogP contribution is 2.32. The number of nitriles is 1. The van der Waals surface area contributed by atoms with Crippen molar-refractivity contribution in [1.82, 2.24) is 29.3 Å². The lowest BCUT2D eigenvalue weighted by molar-refractivity contribution is -0.132. The fourth-order valence-electron chi connectivity index (χ4n) is 5.51. The molecule has 2 fully saturated rings. The number of halogens is 2. The van der Waals surface area contributed by atoms with Gasteiger partial charge >= 0.3 is 0 Å². The summed E-state index contributed by atoms with van der Waals surface area (Å²) in [5.74, 6) is -2.93. The number of rotatable bonds is 7. The van der Waals surface area contributed by atoms with Gasteiger partial charge < -0.3 is 20.9 Å². The summed E-state index contributed by atoms with van der Waals surface area (Å²) in [4.78, 5) is 32.6. The fourth-order valence-corrected chi connectivity index (χ4v) is 5.51. The van der Waals surface area contributed by atoms with E-state index in [0.29, 0.717) is 28.9 Å². The zero-order valence-corrected chi connectivity index (χ0v) is 22.7. The number of anilines is 2. The molecule has 2 saturated heterocycles. The Hall–Kier alpha value is -5.06. The summed E-state index contributed by atoms with van der Waals surface area (Å²) < 4.78 is 30.1. The largest absolute Gasteiger partial charge is 0.378 e. The Labute approximate surface area is 239 Å². The lowest BCUT2D eigenvalue weighted by atomic mass is 10.1. The van der Waals surface area contributed by atoms with Crippen molar-refractivity contribution in [1.29, 1.82) is 5.26 Å². The highest BCUT2D eigenvalue weighted by molar-refractivity contribution is 6.02.